The van der Waals surface area contributed by atoms with Crippen LogP contribution in [0, 0.1) is 6.92 Å². The summed E-state index contributed by atoms with van der Waals surface area (Å²) in [5.41, 5.74) is 13.1. The quantitative estimate of drug-likeness (QED) is 0.195. The summed E-state index contributed by atoms with van der Waals surface area (Å²) in [6.07, 6.45) is 0. The maximum atomic E-state index is 13.5. The van der Waals surface area contributed by atoms with Gasteiger partial charge in [0, 0.05) is 27.4 Å². The average molecular weight is 568 g/mol. The van der Waals surface area contributed by atoms with Crippen molar-refractivity contribution < 1.29 is 4.42 Å². The predicted octanol–water partition coefficient (Wildman–Crippen LogP) is 10.3. The minimum Gasteiger partial charge on any atom is -0.455 e. The molecule has 0 unspecified atom stereocenters. The largest absolute Gasteiger partial charge is 0.455 e. The Morgan fingerprint density at radius 2 is 1.32 bits per heavy atom. The summed E-state index contributed by atoms with van der Waals surface area (Å²) in [5, 5.41) is 3.71. The fourth-order valence-electron chi connectivity index (χ4n) is 7.70. The molecule has 1 aliphatic carbocycles. The zero-order valence-electron chi connectivity index (χ0n) is 24.8. The van der Waals surface area contributed by atoms with E-state index in [9.17, 15) is 4.79 Å². The molecule has 3 heteroatoms. The molecule has 0 atom stereocenters. The average Bonchev–Trinajstić information content (AvgIpc) is 3.51. The minimum absolute atomic E-state index is 0.00441. The lowest BCUT2D eigenvalue weighted by atomic mass is 9.81. The Kier molecular flexibility index (Phi) is 5.03. The third-order valence-corrected chi connectivity index (χ3v) is 9.69. The molecule has 8 aromatic rings. The molecular weight excluding hydrogens is 538 g/mol. The number of para-hydroxylation sites is 3. The monoisotopic (exact) mass is 567 g/mol. The van der Waals surface area contributed by atoms with E-state index in [1.807, 2.05) is 42.5 Å². The van der Waals surface area contributed by atoms with Crippen LogP contribution in [0.5, 0.6) is 0 Å². The van der Waals surface area contributed by atoms with E-state index in [1.54, 1.807) is 0 Å². The molecule has 2 aromatic heterocycles. The summed E-state index contributed by atoms with van der Waals surface area (Å²) in [7, 11) is 0. The van der Waals surface area contributed by atoms with Crippen molar-refractivity contribution in [1.82, 2.24) is 4.57 Å². The standard InChI is InChI=1S/C41H29NO2/c1-24-11-8-17-30-31-22-21-29-28-14-4-6-19-34(28)41(2,3)36(29)38(31)42(37(24)30)26-13-9-12-25(23-26)27-16-10-18-33-39(43)32-15-5-7-20-35(32)44-40(27)33/h4-23H,1-3H3. The second-order valence-electron chi connectivity index (χ2n) is 12.5. The predicted molar refractivity (Wildman–Crippen MR) is 182 cm³/mol. The van der Waals surface area contributed by atoms with Crippen molar-refractivity contribution in [1.29, 1.82) is 0 Å². The van der Waals surface area contributed by atoms with Crippen LogP contribution in [0.2, 0.25) is 0 Å². The zero-order valence-corrected chi connectivity index (χ0v) is 24.8. The number of rotatable bonds is 2. The lowest BCUT2D eigenvalue weighted by Crippen LogP contribution is -2.16. The summed E-state index contributed by atoms with van der Waals surface area (Å²) < 4.78 is 8.88. The van der Waals surface area contributed by atoms with Crippen LogP contribution < -0.4 is 5.43 Å². The SMILES string of the molecule is Cc1cccc2c3ccc4c(c3n(-c3cccc(-c5cccc6c(=O)c7ccccc7oc56)c3)c12)C(C)(C)c1ccccc1-4. The van der Waals surface area contributed by atoms with Gasteiger partial charge in [0.25, 0.3) is 0 Å². The van der Waals surface area contributed by atoms with Crippen LogP contribution in [0.1, 0.15) is 30.5 Å². The van der Waals surface area contributed by atoms with E-state index < -0.39 is 0 Å². The molecule has 0 aliphatic heterocycles. The first kappa shape index (κ1) is 25.1. The van der Waals surface area contributed by atoms with Gasteiger partial charge < -0.3 is 8.98 Å². The third kappa shape index (κ3) is 3.24. The summed E-state index contributed by atoms with van der Waals surface area (Å²) in [4.78, 5) is 13.5. The van der Waals surface area contributed by atoms with Gasteiger partial charge in [-0.15, -0.1) is 0 Å². The van der Waals surface area contributed by atoms with Gasteiger partial charge in [0.05, 0.1) is 21.8 Å². The third-order valence-electron chi connectivity index (χ3n) is 9.69. The van der Waals surface area contributed by atoms with E-state index in [2.05, 4.69) is 104 Å². The summed E-state index contributed by atoms with van der Waals surface area (Å²) in [5.74, 6) is 0. The van der Waals surface area contributed by atoms with Crippen LogP contribution in [-0.2, 0) is 5.41 Å². The van der Waals surface area contributed by atoms with E-state index >= 15 is 0 Å². The van der Waals surface area contributed by atoms with Crippen molar-refractivity contribution in [3.05, 3.63) is 148 Å². The number of benzene rings is 6. The first-order valence-corrected chi connectivity index (χ1v) is 15.2. The van der Waals surface area contributed by atoms with Crippen molar-refractivity contribution in [3.63, 3.8) is 0 Å². The molecular formula is C41H29NO2. The Balaban J connectivity index is 1.37. The fourth-order valence-corrected chi connectivity index (χ4v) is 7.70. The number of fused-ring (bicyclic) bond motifs is 9. The van der Waals surface area contributed by atoms with Crippen LogP contribution in [0.15, 0.2) is 131 Å². The molecule has 0 fully saturated rings. The first-order chi connectivity index (χ1) is 21.4. The summed E-state index contributed by atoms with van der Waals surface area (Å²) in [6, 6.07) is 42.1. The molecule has 0 saturated carbocycles. The van der Waals surface area contributed by atoms with Crippen LogP contribution in [0.3, 0.4) is 0 Å². The highest BCUT2D eigenvalue weighted by Gasteiger charge is 2.38. The topological polar surface area (TPSA) is 35.1 Å². The van der Waals surface area contributed by atoms with Gasteiger partial charge in [-0.1, -0.05) is 105 Å². The molecule has 0 bridgehead atoms. The normalized spacial score (nSPS) is 13.6. The van der Waals surface area contributed by atoms with E-state index in [1.165, 1.54) is 49.6 Å². The molecule has 3 nitrogen and oxygen atoms in total. The molecule has 0 spiro atoms. The molecule has 1 aliphatic rings. The number of hydrogen-bond donors (Lipinski definition) is 0. The number of hydrogen-bond acceptors (Lipinski definition) is 2. The zero-order chi connectivity index (χ0) is 29.7. The maximum Gasteiger partial charge on any atom is 0.200 e. The van der Waals surface area contributed by atoms with Gasteiger partial charge in [-0.25, -0.2) is 0 Å². The molecule has 6 aromatic carbocycles. The van der Waals surface area contributed by atoms with E-state index in [0.717, 1.165) is 16.8 Å². The fraction of sp³-hybridized carbons (Fsp3) is 0.0976. The Morgan fingerprint density at radius 3 is 2.23 bits per heavy atom. The maximum absolute atomic E-state index is 13.5. The molecule has 0 saturated heterocycles. The van der Waals surface area contributed by atoms with Crippen molar-refractivity contribution in [2.24, 2.45) is 0 Å². The molecule has 2 heterocycles. The van der Waals surface area contributed by atoms with Gasteiger partial charge in [0.1, 0.15) is 11.2 Å². The van der Waals surface area contributed by atoms with Crippen molar-refractivity contribution in [2.45, 2.75) is 26.2 Å². The smallest absolute Gasteiger partial charge is 0.200 e. The van der Waals surface area contributed by atoms with Gasteiger partial charge in [-0.2, -0.15) is 0 Å². The summed E-state index contributed by atoms with van der Waals surface area (Å²) >= 11 is 0. The summed E-state index contributed by atoms with van der Waals surface area (Å²) in [6.45, 7) is 6.90. The number of nitrogens with zero attached hydrogens (tertiary/aromatic N) is 1. The Bertz CT molecular complexity index is 2560. The highest BCUT2D eigenvalue weighted by atomic mass is 16.3. The van der Waals surface area contributed by atoms with Gasteiger partial charge in [0.2, 0.25) is 5.43 Å². The highest BCUT2D eigenvalue weighted by Crippen LogP contribution is 2.53. The minimum atomic E-state index is -0.164. The number of aromatic nitrogens is 1. The second-order valence-corrected chi connectivity index (χ2v) is 12.5. The molecule has 0 radical (unpaired) electrons. The van der Waals surface area contributed by atoms with Crippen molar-refractivity contribution >= 4 is 43.7 Å². The molecule has 44 heavy (non-hydrogen) atoms. The molecule has 9 rings (SSSR count). The first-order valence-electron chi connectivity index (χ1n) is 15.2. The lowest BCUT2D eigenvalue weighted by Gasteiger charge is -2.24. The van der Waals surface area contributed by atoms with Gasteiger partial charge in [-0.05, 0) is 70.6 Å². The van der Waals surface area contributed by atoms with Gasteiger partial charge >= 0.3 is 0 Å². The van der Waals surface area contributed by atoms with Crippen molar-refractivity contribution in [3.8, 4) is 27.9 Å². The van der Waals surface area contributed by atoms with Gasteiger partial charge in [0.15, 0.2) is 0 Å². The van der Waals surface area contributed by atoms with Crippen molar-refractivity contribution in [2.75, 3.05) is 0 Å². The van der Waals surface area contributed by atoms with Crippen LogP contribution >= 0.6 is 0 Å². The Morgan fingerprint density at radius 1 is 0.614 bits per heavy atom. The Labute approximate surface area is 254 Å². The molecule has 0 N–H and O–H groups in total. The lowest BCUT2D eigenvalue weighted by molar-refractivity contribution is 0.661. The highest BCUT2D eigenvalue weighted by molar-refractivity contribution is 6.14. The van der Waals surface area contributed by atoms with Crippen LogP contribution in [0.25, 0.3) is 71.7 Å². The van der Waals surface area contributed by atoms with Gasteiger partial charge in [-0.3, -0.25) is 4.79 Å². The van der Waals surface area contributed by atoms with E-state index in [0.29, 0.717) is 21.9 Å². The molecule has 210 valence electrons. The Hall–Kier alpha value is -5.41. The van der Waals surface area contributed by atoms with E-state index in [4.69, 9.17) is 4.42 Å². The van der Waals surface area contributed by atoms with Crippen LogP contribution in [0.4, 0.5) is 0 Å². The van der Waals surface area contributed by atoms with Crippen LogP contribution in [-0.4, -0.2) is 4.57 Å². The second kappa shape index (κ2) is 8.81. The molecule has 0 amide bonds. The number of aryl methyl sites for hydroxylation is 1. The van der Waals surface area contributed by atoms with E-state index in [-0.39, 0.29) is 10.8 Å².